The van der Waals surface area contributed by atoms with Crippen molar-refractivity contribution >= 4 is 5.97 Å². The van der Waals surface area contributed by atoms with Crippen LogP contribution in [0.15, 0.2) is 18.2 Å². The summed E-state index contributed by atoms with van der Waals surface area (Å²) in [6.07, 6.45) is 0. The molecule has 1 aromatic rings. The molecule has 4 N–H and O–H groups in total. The highest BCUT2D eigenvalue weighted by Crippen LogP contribution is 2.22. The van der Waals surface area contributed by atoms with Crippen LogP contribution in [-0.4, -0.2) is 16.2 Å². The molecule has 1 unspecified atom stereocenters. The van der Waals surface area contributed by atoms with Gasteiger partial charge in [0.05, 0.1) is 0 Å². The van der Waals surface area contributed by atoms with Gasteiger partial charge in [0.1, 0.15) is 6.04 Å². The monoisotopic (exact) mass is 185 g/mol. The van der Waals surface area contributed by atoms with Gasteiger partial charge in [-0.3, -0.25) is 4.79 Å². The molecule has 4 nitrogen and oxygen atoms in total. The second kappa shape index (κ2) is 3.40. The Morgan fingerprint density at radius 2 is 2.15 bits per heavy atom. The number of hydrogen-bond donors (Lipinski definition) is 3. The summed E-state index contributed by atoms with van der Waals surface area (Å²) in [5.41, 5.74) is 4.93. The van der Waals surface area contributed by atoms with Crippen molar-refractivity contribution in [3.05, 3.63) is 29.6 Å². The lowest BCUT2D eigenvalue weighted by Crippen LogP contribution is -2.21. The average molecular weight is 185 g/mol. The van der Waals surface area contributed by atoms with Gasteiger partial charge < -0.3 is 15.9 Å². The predicted molar refractivity (Wildman–Crippen MR) is 42.6 cm³/mol. The predicted octanol–water partition coefficient (Wildman–Crippen LogP) is 0.616. The number of benzene rings is 1. The Morgan fingerprint density at radius 1 is 1.54 bits per heavy atom. The molecule has 0 saturated carbocycles. The summed E-state index contributed by atoms with van der Waals surface area (Å²) >= 11 is 0. The van der Waals surface area contributed by atoms with Crippen LogP contribution in [0.1, 0.15) is 11.6 Å². The smallest absolute Gasteiger partial charge is 0.325 e. The van der Waals surface area contributed by atoms with E-state index in [0.717, 1.165) is 6.07 Å². The standard InChI is InChI=1S/C8H8FNO3/c9-6-4(7(10)8(12)13)2-1-3-5(6)11/h1-3,7,11H,10H2,(H,12,13). The van der Waals surface area contributed by atoms with E-state index in [1.165, 1.54) is 12.1 Å². The summed E-state index contributed by atoms with van der Waals surface area (Å²) in [5, 5.41) is 17.4. The molecule has 0 aliphatic heterocycles. The minimum atomic E-state index is -1.45. The van der Waals surface area contributed by atoms with Crippen molar-refractivity contribution in [1.82, 2.24) is 0 Å². The van der Waals surface area contributed by atoms with Gasteiger partial charge in [-0.15, -0.1) is 0 Å². The van der Waals surface area contributed by atoms with Crippen LogP contribution in [0.3, 0.4) is 0 Å². The first-order chi connectivity index (χ1) is 6.04. The van der Waals surface area contributed by atoms with Gasteiger partial charge >= 0.3 is 5.97 Å². The van der Waals surface area contributed by atoms with Crippen molar-refractivity contribution in [2.24, 2.45) is 5.73 Å². The molecule has 0 amide bonds. The van der Waals surface area contributed by atoms with Crippen molar-refractivity contribution in [2.75, 3.05) is 0 Å². The quantitative estimate of drug-likeness (QED) is 0.630. The molecular formula is C8H8FNO3. The Labute approximate surface area is 73.4 Å². The highest BCUT2D eigenvalue weighted by atomic mass is 19.1. The third-order valence-electron chi connectivity index (χ3n) is 1.61. The summed E-state index contributed by atoms with van der Waals surface area (Å²) in [7, 11) is 0. The van der Waals surface area contributed by atoms with Crippen molar-refractivity contribution in [2.45, 2.75) is 6.04 Å². The number of nitrogens with two attached hydrogens (primary N) is 1. The number of phenols is 1. The molecule has 0 heterocycles. The zero-order valence-electron chi connectivity index (χ0n) is 6.57. The first-order valence-corrected chi connectivity index (χ1v) is 3.50. The van der Waals surface area contributed by atoms with Crippen LogP contribution in [-0.2, 0) is 4.79 Å². The molecule has 0 aliphatic carbocycles. The Bertz CT molecular complexity index is 340. The normalized spacial score (nSPS) is 12.5. The third kappa shape index (κ3) is 1.75. The van der Waals surface area contributed by atoms with Crippen LogP contribution < -0.4 is 5.73 Å². The van der Waals surface area contributed by atoms with Crippen LogP contribution in [0.2, 0.25) is 0 Å². The molecule has 1 rings (SSSR count). The Morgan fingerprint density at radius 3 is 2.69 bits per heavy atom. The fourth-order valence-corrected chi connectivity index (χ4v) is 0.910. The number of aromatic hydroxyl groups is 1. The Balaban J connectivity index is 3.15. The molecule has 0 saturated heterocycles. The van der Waals surface area contributed by atoms with Crippen molar-refractivity contribution in [3.63, 3.8) is 0 Å². The number of hydrogen-bond acceptors (Lipinski definition) is 3. The first-order valence-electron chi connectivity index (χ1n) is 3.50. The van der Waals surface area contributed by atoms with Gasteiger partial charge in [-0.25, -0.2) is 4.39 Å². The van der Waals surface area contributed by atoms with Gasteiger partial charge in [-0.2, -0.15) is 0 Å². The van der Waals surface area contributed by atoms with Crippen LogP contribution >= 0.6 is 0 Å². The summed E-state index contributed by atoms with van der Waals surface area (Å²) in [5.74, 6) is -2.93. The molecule has 1 atom stereocenters. The van der Waals surface area contributed by atoms with Gasteiger partial charge in [0.25, 0.3) is 0 Å². The molecule has 0 radical (unpaired) electrons. The van der Waals surface area contributed by atoms with Gasteiger partial charge in [0, 0.05) is 5.56 Å². The number of carboxylic acids is 1. The molecule has 0 aromatic heterocycles. The van der Waals surface area contributed by atoms with E-state index in [1.54, 1.807) is 0 Å². The SMILES string of the molecule is NC(C(=O)O)c1cccc(O)c1F. The van der Waals surface area contributed by atoms with Gasteiger partial charge in [-0.1, -0.05) is 12.1 Å². The number of rotatable bonds is 2. The Hall–Kier alpha value is -1.62. The maximum Gasteiger partial charge on any atom is 0.325 e. The maximum atomic E-state index is 13.0. The zero-order chi connectivity index (χ0) is 10.0. The fraction of sp³-hybridized carbons (Fsp3) is 0.125. The number of phenolic OH excluding ortho intramolecular Hbond substituents is 1. The summed E-state index contributed by atoms with van der Waals surface area (Å²) in [6, 6.07) is 2.21. The van der Waals surface area contributed by atoms with E-state index in [2.05, 4.69) is 0 Å². The van der Waals surface area contributed by atoms with E-state index in [1.807, 2.05) is 0 Å². The zero-order valence-corrected chi connectivity index (χ0v) is 6.57. The van der Waals surface area contributed by atoms with Crippen LogP contribution in [0.25, 0.3) is 0 Å². The first kappa shape index (κ1) is 9.47. The second-order valence-corrected chi connectivity index (χ2v) is 2.50. The topological polar surface area (TPSA) is 83.6 Å². The van der Waals surface area contributed by atoms with E-state index < -0.39 is 23.6 Å². The Kier molecular flexibility index (Phi) is 2.48. The largest absolute Gasteiger partial charge is 0.505 e. The van der Waals surface area contributed by atoms with Gasteiger partial charge in [0.15, 0.2) is 11.6 Å². The minimum absolute atomic E-state index is 0.229. The summed E-state index contributed by atoms with van der Waals surface area (Å²) in [4.78, 5) is 10.4. The summed E-state index contributed by atoms with van der Waals surface area (Å²) < 4.78 is 13.0. The molecule has 0 aliphatic rings. The average Bonchev–Trinajstić information content (AvgIpc) is 2.08. The van der Waals surface area contributed by atoms with E-state index >= 15 is 0 Å². The second-order valence-electron chi connectivity index (χ2n) is 2.50. The van der Waals surface area contributed by atoms with Crippen molar-refractivity contribution < 1.29 is 19.4 Å². The third-order valence-corrected chi connectivity index (χ3v) is 1.61. The van der Waals surface area contributed by atoms with Crippen molar-refractivity contribution in [1.29, 1.82) is 0 Å². The number of aliphatic carboxylic acids is 1. The number of carboxylic acid groups (broad SMARTS) is 1. The molecule has 0 bridgehead atoms. The highest BCUT2D eigenvalue weighted by Gasteiger charge is 2.19. The molecule has 13 heavy (non-hydrogen) atoms. The fourth-order valence-electron chi connectivity index (χ4n) is 0.910. The van der Waals surface area contributed by atoms with Crippen LogP contribution in [0.5, 0.6) is 5.75 Å². The lowest BCUT2D eigenvalue weighted by molar-refractivity contribution is -0.138. The number of carbonyl (C=O) groups is 1. The maximum absolute atomic E-state index is 13.0. The highest BCUT2D eigenvalue weighted by molar-refractivity contribution is 5.75. The molecule has 70 valence electrons. The number of halogens is 1. The lowest BCUT2D eigenvalue weighted by Gasteiger charge is -2.08. The van der Waals surface area contributed by atoms with Gasteiger partial charge in [-0.05, 0) is 6.07 Å². The molecular weight excluding hydrogens is 177 g/mol. The van der Waals surface area contributed by atoms with E-state index in [4.69, 9.17) is 15.9 Å². The van der Waals surface area contributed by atoms with Crippen LogP contribution in [0.4, 0.5) is 4.39 Å². The minimum Gasteiger partial charge on any atom is -0.505 e. The lowest BCUT2D eigenvalue weighted by atomic mass is 10.1. The van der Waals surface area contributed by atoms with E-state index in [0.29, 0.717) is 0 Å². The van der Waals surface area contributed by atoms with E-state index in [-0.39, 0.29) is 5.56 Å². The molecule has 5 heteroatoms. The van der Waals surface area contributed by atoms with Gasteiger partial charge in [0.2, 0.25) is 0 Å². The van der Waals surface area contributed by atoms with Crippen LogP contribution in [0, 0.1) is 5.82 Å². The van der Waals surface area contributed by atoms with E-state index in [9.17, 15) is 9.18 Å². The van der Waals surface area contributed by atoms with Crippen molar-refractivity contribution in [3.8, 4) is 5.75 Å². The molecule has 1 aromatic carbocycles. The molecule has 0 spiro atoms. The molecule has 0 fully saturated rings. The summed E-state index contributed by atoms with van der Waals surface area (Å²) in [6.45, 7) is 0.